The summed E-state index contributed by atoms with van der Waals surface area (Å²) in [6.07, 6.45) is 6.33. The van der Waals surface area contributed by atoms with Gasteiger partial charge in [0, 0.05) is 24.6 Å². The molecule has 1 aliphatic rings. The Bertz CT molecular complexity index is 499. The van der Waals surface area contributed by atoms with E-state index in [1.165, 1.54) is 12.8 Å². The van der Waals surface area contributed by atoms with Gasteiger partial charge in [0.1, 0.15) is 11.5 Å². The first-order valence-corrected chi connectivity index (χ1v) is 8.48. The van der Waals surface area contributed by atoms with E-state index in [-0.39, 0.29) is 12.0 Å². The van der Waals surface area contributed by atoms with Crippen LogP contribution in [-0.2, 0) is 11.3 Å². The van der Waals surface area contributed by atoms with Crippen LogP contribution in [0.5, 0.6) is 11.5 Å². The van der Waals surface area contributed by atoms with Gasteiger partial charge in [-0.2, -0.15) is 0 Å². The molecule has 1 aliphatic carbocycles. The smallest absolute Gasteiger partial charge is 0.220 e. The summed E-state index contributed by atoms with van der Waals surface area (Å²) in [5.41, 5.74) is 1.000. The van der Waals surface area contributed by atoms with E-state index in [1.54, 1.807) is 7.11 Å². The number of hydrogen-bond donors (Lipinski definition) is 2. The molecule has 1 saturated carbocycles. The van der Waals surface area contributed by atoms with Crippen LogP contribution in [0.1, 0.15) is 44.1 Å². The molecule has 1 amide bonds. The average Bonchev–Trinajstić information content (AvgIpc) is 3.07. The second-order valence-electron chi connectivity index (χ2n) is 5.98. The predicted molar refractivity (Wildman–Crippen MR) is 90.9 cm³/mol. The van der Waals surface area contributed by atoms with Crippen molar-refractivity contribution in [1.29, 1.82) is 0 Å². The van der Waals surface area contributed by atoms with Gasteiger partial charge in [-0.05, 0) is 57.8 Å². The highest BCUT2D eigenvalue weighted by Gasteiger charge is 2.18. The molecule has 5 nitrogen and oxygen atoms in total. The molecule has 23 heavy (non-hydrogen) atoms. The van der Waals surface area contributed by atoms with Gasteiger partial charge in [0.15, 0.2) is 0 Å². The van der Waals surface area contributed by atoms with E-state index >= 15 is 0 Å². The van der Waals surface area contributed by atoms with Gasteiger partial charge in [0.2, 0.25) is 5.91 Å². The lowest BCUT2D eigenvalue weighted by molar-refractivity contribution is -0.121. The second-order valence-corrected chi connectivity index (χ2v) is 5.98. The van der Waals surface area contributed by atoms with Gasteiger partial charge in [-0.15, -0.1) is 0 Å². The lowest BCUT2D eigenvalue weighted by Crippen LogP contribution is -2.24. The topological polar surface area (TPSA) is 59.6 Å². The van der Waals surface area contributed by atoms with Gasteiger partial charge < -0.3 is 20.1 Å². The minimum absolute atomic E-state index is 0.0721. The van der Waals surface area contributed by atoms with Crippen molar-refractivity contribution in [1.82, 2.24) is 10.6 Å². The van der Waals surface area contributed by atoms with Crippen LogP contribution in [0, 0.1) is 0 Å². The summed E-state index contributed by atoms with van der Waals surface area (Å²) in [7, 11) is 3.54. The number of carbonyl (C=O) groups excluding carboxylic acids is 1. The van der Waals surface area contributed by atoms with Crippen molar-refractivity contribution in [3.63, 3.8) is 0 Å². The van der Waals surface area contributed by atoms with Gasteiger partial charge >= 0.3 is 0 Å². The van der Waals surface area contributed by atoms with Crippen LogP contribution in [0.4, 0.5) is 0 Å². The largest absolute Gasteiger partial charge is 0.497 e. The van der Waals surface area contributed by atoms with Gasteiger partial charge in [-0.3, -0.25) is 4.79 Å². The summed E-state index contributed by atoms with van der Waals surface area (Å²) in [6, 6.07) is 5.79. The van der Waals surface area contributed by atoms with Crippen molar-refractivity contribution >= 4 is 5.91 Å². The van der Waals surface area contributed by atoms with E-state index < -0.39 is 0 Å². The number of carbonyl (C=O) groups is 1. The van der Waals surface area contributed by atoms with Crippen molar-refractivity contribution in [2.24, 2.45) is 0 Å². The standard InChI is InChI=1S/C18H28N2O3/c1-19-11-5-8-18(21)20-13-14-9-10-16(22-2)12-17(14)23-15-6-3-4-7-15/h9-10,12,15,19H,3-8,11,13H2,1-2H3,(H,20,21). The van der Waals surface area contributed by atoms with Crippen molar-refractivity contribution < 1.29 is 14.3 Å². The number of ether oxygens (including phenoxy) is 2. The molecule has 0 aliphatic heterocycles. The van der Waals surface area contributed by atoms with Crippen molar-refractivity contribution in [3.8, 4) is 11.5 Å². The van der Waals surface area contributed by atoms with Gasteiger partial charge in [-0.1, -0.05) is 0 Å². The van der Waals surface area contributed by atoms with Crippen LogP contribution >= 0.6 is 0 Å². The number of hydrogen-bond acceptors (Lipinski definition) is 4. The summed E-state index contributed by atoms with van der Waals surface area (Å²) >= 11 is 0. The highest BCUT2D eigenvalue weighted by atomic mass is 16.5. The van der Waals surface area contributed by atoms with Gasteiger partial charge in [0.25, 0.3) is 0 Å². The SMILES string of the molecule is CNCCCC(=O)NCc1ccc(OC)cc1OC1CCCC1. The quantitative estimate of drug-likeness (QED) is 0.687. The fourth-order valence-electron chi connectivity index (χ4n) is 2.81. The zero-order valence-electron chi connectivity index (χ0n) is 14.2. The first kappa shape index (κ1) is 17.6. The van der Waals surface area contributed by atoms with Crippen LogP contribution in [0.25, 0.3) is 0 Å². The fraction of sp³-hybridized carbons (Fsp3) is 0.611. The normalized spacial score (nSPS) is 14.7. The average molecular weight is 320 g/mol. The van der Waals surface area contributed by atoms with E-state index in [0.717, 1.165) is 42.9 Å². The maximum absolute atomic E-state index is 11.9. The Balaban J connectivity index is 1.94. The van der Waals surface area contributed by atoms with Crippen molar-refractivity contribution in [2.75, 3.05) is 20.7 Å². The Morgan fingerprint density at radius 1 is 1.30 bits per heavy atom. The molecular weight excluding hydrogens is 292 g/mol. The number of amides is 1. The molecule has 2 rings (SSSR count). The molecule has 0 saturated heterocycles. The van der Waals surface area contributed by atoms with Crippen LogP contribution in [-0.4, -0.2) is 32.7 Å². The first-order valence-electron chi connectivity index (χ1n) is 8.48. The third-order valence-corrected chi connectivity index (χ3v) is 4.18. The Morgan fingerprint density at radius 3 is 2.78 bits per heavy atom. The number of nitrogens with one attached hydrogen (secondary N) is 2. The van der Waals surface area contributed by atoms with Crippen LogP contribution in [0.15, 0.2) is 18.2 Å². The summed E-state index contributed by atoms with van der Waals surface area (Å²) in [5.74, 6) is 1.68. The minimum Gasteiger partial charge on any atom is -0.497 e. The molecule has 1 aromatic rings. The summed E-state index contributed by atoms with van der Waals surface area (Å²) in [5, 5.41) is 6.02. The summed E-state index contributed by atoms with van der Waals surface area (Å²) in [4.78, 5) is 11.9. The minimum atomic E-state index is 0.0721. The second kappa shape index (κ2) is 9.40. The van der Waals surface area contributed by atoms with E-state index in [1.807, 2.05) is 25.2 Å². The highest BCUT2D eigenvalue weighted by Crippen LogP contribution is 2.29. The van der Waals surface area contributed by atoms with Gasteiger partial charge in [0.05, 0.1) is 13.2 Å². The summed E-state index contributed by atoms with van der Waals surface area (Å²) < 4.78 is 11.4. The maximum Gasteiger partial charge on any atom is 0.220 e. The fourth-order valence-corrected chi connectivity index (χ4v) is 2.81. The van der Waals surface area contributed by atoms with Crippen LogP contribution < -0.4 is 20.1 Å². The molecule has 0 unspecified atom stereocenters. The molecule has 1 fully saturated rings. The third kappa shape index (κ3) is 5.75. The molecule has 0 aromatic heterocycles. The van der Waals surface area contributed by atoms with Crippen molar-refractivity contribution in [3.05, 3.63) is 23.8 Å². The number of methoxy groups -OCH3 is 1. The Labute approximate surface area is 138 Å². The lowest BCUT2D eigenvalue weighted by Gasteiger charge is -2.18. The molecule has 1 aromatic carbocycles. The van der Waals surface area contributed by atoms with Crippen molar-refractivity contribution in [2.45, 2.75) is 51.2 Å². The molecular formula is C18H28N2O3. The molecule has 5 heteroatoms. The zero-order chi connectivity index (χ0) is 16.5. The molecule has 0 spiro atoms. The highest BCUT2D eigenvalue weighted by molar-refractivity contribution is 5.75. The van der Waals surface area contributed by atoms with E-state index in [0.29, 0.717) is 13.0 Å². The molecule has 0 radical (unpaired) electrons. The van der Waals surface area contributed by atoms with Crippen LogP contribution in [0.2, 0.25) is 0 Å². The number of rotatable bonds is 9. The van der Waals surface area contributed by atoms with Crippen LogP contribution in [0.3, 0.4) is 0 Å². The predicted octanol–water partition coefficient (Wildman–Crippen LogP) is 2.63. The van der Waals surface area contributed by atoms with E-state index in [9.17, 15) is 4.79 Å². The Kier molecular flexibility index (Phi) is 7.20. The Hall–Kier alpha value is -1.75. The molecule has 0 heterocycles. The molecule has 128 valence electrons. The number of benzene rings is 1. The monoisotopic (exact) mass is 320 g/mol. The maximum atomic E-state index is 11.9. The molecule has 0 bridgehead atoms. The first-order chi connectivity index (χ1) is 11.2. The van der Waals surface area contributed by atoms with Gasteiger partial charge in [-0.25, -0.2) is 0 Å². The lowest BCUT2D eigenvalue weighted by atomic mass is 10.1. The zero-order valence-corrected chi connectivity index (χ0v) is 14.2. The molecule has 2 N–H and O–H groups in total. The molecule has 0 atom stereocenters. The van der Waals surface area contributed by atoms with E-state index in [4.69, 9.17) is 9.47 Å². The summed E-state index contributed by atoms with van der Waals surface area (Å²) in [6.45, 7) is 1.34. The third-order valence-electron chi connectivity index (χ3n) is 4.18. The Morgan fingerprint density at radius 2 is 2.09 bits per heavy atom. The van der Waals surface area contributed by atoms with E-state index in [2.05, 4.69) is 10.6 Å².